The van der Waals surface area contributed by atoms with Gasteiger partial charge in [-0.3, -0.25) is 9.59 Å². The number of halogens is 3. The van der Waals surface area contributed by atoms with E-state index >= 15 is 0 Å². The second-order valence-electron chi connectivity index (χ2n) is 4.24. The first-order valence-electron chi connectivity index (χ1n) is 6.01. The molecular weight excluding hydrogens is 291 g/mol. The number of rotatable bonds is 6. The van der Waals surface area contributed by atoms with Gasteiger partial charge >= 0.3 is 12.1 Å². The van der Waals surface area contributed by atoms with Gasteiger partial charge in [0.25, 0.3) is 5.91 Å². The highest BCUT2D eigenvalue weighted by Crippen LogP contribution is 2.30. The number of anilines is 1. The van der Waals surface area contributed by atoms with E-state index in [2.05, 4.69) is 4.98 Å². The van der Waals surface area contributed by atoms with E-state index in [0.717, 1.165) is 11.0 Å². The lowest BCUT2D eigenvalue weighted by Gasteiger charge is -2.23. The van der Waals surface area contributed by atoms with E-state index in [1.54, 1.807) is 6.92 Å². The molecular formula is C12H14F3N3O3. The highest BCUT2D eigenvalue weighted by Gasteiger charge is 2.34. The predicted octanol–water partition coefficient (Wildman–Crippen LogP) is 1.50. The molecule has 1 amide bonds. The molecule has 1 heterocycles. The van der Waals surface area contributed by atoms with E-state index < -0.39 is 30.3 Å². The Hall–Kier alpha value is -2.32. The Morgan fingerprint density at radius 3 is 2.43 bits per heavy atom. The fraction of sp³-hybridized carbons (Fsp3) is 0.417. The minimum absolute atomic E-state index is 0.126. The van der Waals surface area contributed by atoms with Crippen LogP contribution in [-0.2, 0) is 11.0 Å². The average Bonchev–Trinajstić information content (AvgIpc) is 2.35. The van der Waals surface area contributed by atoms with Gasteiger partial charge < -0.3 is 15.7 Å². The number of carboxylic acid groups (broad SMARTS) is 1. The Kier molecular flexibility index (Phi) is 5.12. The summed E-state index contributed by atoms with van der Waals surface area (Å²) in [4.78, 5) is 26.6. The van der Waals surface area contributed by atoms with Crippen LogP contribution in [0, 0.1) is 0 Å². The van der Waals surface area contributed by atoms with Crippen molar-refractivity contribution in [3.63, 3.8) is 0 Å². The Morgan fingerprint density at radius 2 is 2.00 bits per heavy atom. The van der Waals surface area contributed by atoms with Crippen LogP contribution in [0.4, 0.5) is 19.0 Å². The van der Waals surface area contributed by atoms with Crippen LogP contribution in [0.1, 0.15) is 29.4 Å². The molecule has 0 unspecified atom stereocenters. The highest BCUT2D eigenvalue weighted by molar-refractivity contribution is 5.98. The summed E-state index contributed by atoms with van der Waals surface area (Å²) in [6.07, 6.45) is -4.24. The van der Waals surface area contributed by atoms with Crippen LogP contribution in [0.15, 0.2) is 12.1 Å². The van der Waals surface area contributed by atoms with Gasteiger partial charge in [0.15, 0.2) is 0 Å². The van der Waals surface area contributed by atoms with E-state index in [-0.39, 0.29) is 17.9 Å². The molecule has 0 aliphatic rings. The number of carbonyl (C=O) groups excluding carboxylic acids is 1. The Labute approximate surface area is 118 Å². The van der Waals surface area contributed by atoms with Crippen molar-refractivity contribution >= 4 is 17.7 Å². The number of pyridine rings is 1. The Balaban J connectivity index is 3.38. The molecule has 0 aromatic carbocycles. The molecule has 0 spiro atoms. The summed E-state index contributed by atoms with van der Waals surface area (Å²) in [6, 6.07) is 1.53. The zero-order valence-electron chi connectivity index (χ0n) is 11.1. The fourth-order valence-corrected chi connectivity index (χ4v) is 1.73. The van der Waals surface area contributed by atoms with Crippen molar-refractivity contribution in [2.24, 2.45) is 5.73 Å². The van der Waals surface area contributed by atoms with Crippen LogP contribution in [0.5, 0.6) is 0 Å². The zero-order chi connectivity index (χ0) is 16.2. The van der Waals surface area contributed by atoms with Gasteiger partial charge in [0.2, 0.25) is 0 Å². The van der Waals surface area contributed by atoms with Crippen LogP contribution in [0.25, 0.3) is 0 Å². The van der Waals surface area contributed by atoms with Gasteiger partial charge in [-0.25, -0.2) is 4.98 Å². The number of nitrogens with zero attached hydrogens (tertiary/aromatic N) is 2. The van der Waals surface area contributed by atoms with Crippen molar-refractivity contribution in [3.8, 4) is 0 Å². The zero-order valence-corrected chi connectivity index (χ0v) is 11.1. The molecule has 0 fully saturated rings. The summed E-state index contributed by atoms with van der Waals surface area (Å²) in [6.45, 7) is 1.26. The SMILES string of the molecule is CCCN(CC(=O)O)c1nc(C(F)(F)F)ccc1C(N)=O. The minimum atomic E-state index is -4.70. The van der Waals surface area contributed by atoms with Crippen LogP contribution >= 0.6 is 0 Å². The van der Waals surface area contributed by atoms with Crippen LogP contribution < -0.4 is 10.6 Å². The molecule has 6 nitrogen and oxygen atoms in total. The van der Waals surface area contributed by atoms with E-state index in [0.29, 0.717) is 12.5 Å². The predicted molar refractivity (Wildman–Crippen MR) is 67.9 cm³/mol. The molecule has 3 N–H and O–H groups in total. The molecule has 21 heavy (non-hydrogen) atoms. The molecule has 0 saturated heterocycles. The van der Waals surface area contributed by atoms with Crippen molar-refractivity contribution in [1.29, 1.82) is 0 Å². The maximum absolute atomic E-state index is 12.7. The molecule has 0 radical (unpaired) electrons. The third kappa shape index (κ3) is 4.33. The quantitative estimate of drug-likeness (QED) is 0.830. The van der Waals surface area contributed by atoms with Gasteiger partial charge in [-0.1, -0.05) is 6.92 Å². The highest BCUT2D eigenvalue weighted by atomic mass is 19.4. The summed E-state index contributed by atoms with van der Waals surface area (Å²) >= 11 is 0. The second-order valence-corrected chi connectivity index (χ2v) is 4.24. The van der Waals surface area contributed by atoms with Gasteiger partial charge in [0, 0.05) is 6.54 Å². The number of aromatic nitrogens is 1. The summed E-state index contributed by atoms with van der Waals surface area (Å²) in [5.41, 5.74) is 3.64. The van der Waals surface area contributed by atoms with Crippen molar-refractivity contribution in [1.82, 2.24) is 4.98 Å². The fourth-order valence-electron chi connectivity index (χ4n) is 1.73. The number of alkyl halides is 3. The monoisotopic (exact) mass is 305 g/mol. The third-order valence-electron chi connectivity index (χ3n) is 2.55. The van der Waals surface area contributed by atoms with Crippen LogP contribution in [-0.4, -0.2) is 35.1 Å². The van der Waals surface area contributed by atoms with E-state index in [1.165, 1.54) is 0 Å². The topological polar surface area (TPSA) is 96.5 Å². The summed E-state index contributed by atoms with van der Waals surface area (Å²) in [5, 5.41) is 8.82. The van der Waals surface area contributed by atoms with Crippen molar-refractivity contribution < 1.29 is 27.9 Å². The van der Waals surface area contributed by atoms with Gasteiger partial charge in [0.05, 0.1) is 5.56 Å². The smallest absolute Gasteiger partial charge is 0.433 e. The van der Waals surface area contributed by atoms with Crippen molar-refractivity contribution in [2.75, 3.05) is 18.0 Å². The standard InChI is InChI=1S/C12H14F3N3O3/c1-2-5-18(6-9(19)20)11-7(10(16)21)3-4-8(17-11)12(13,14)15/h3-4H,2,5-6H2,1H3,(H2,16,21)(H,19,20). The molecule has 0 aliphatic heterocycles. The lowest BCUT2D eigenvalue weighted by molar-refractivity contribution is -0.141. The first-order chi connectivity index (χ1) is 9.66. The van der Waals surface area contributed by atoms with Gasteiger partial charge in [-0.05, 0) is 18.6 Å². The second kappa shape index (κ2) is 6.42. The summed E-state index contributed by atoms with van der Waals surface area (Å²) in [5.74, 6) is -2.60. The number of hydrogen-bond donors (Lipinski definition) is 2. The maximum atomic E-state index is 12.7. The molecule has 0 bridgehead atoms. The molecule has 0 aliphatic carbocycles. The van der Waals surface area contributed by atoms with Crippen LogP contribution in [0.3, 0.4) is 0 Å². The van der Waals surface area contributed by atoms with Gasteiger partial charge in [-0.2, -0.15) is 13.2 Å². The lowest BCUT2D eigenvalue weighted by Crippen LogP contribution is -2.33. The molecule has 1 aromatic heterocycles. The van der Waals surface area contributed by atoms with Crippen molar-refractivity contribution in [3.05, 3.63) is 23.4 Å². The number of carboxylic acids is 1. The molecule has 1 aromatic rings. The van der Waals surface area contributed by atoms with Gasteiger partial charge in [-0.15, -0.1) is 0 Å². The molecule has 116 valence electrons. The molecule has 0 saturated carbocycles. The lowest BCUT2D eigenvalue weighted by atomic mass is 10.2. The number of carbonyl (C=O) groups is 2. The van der Waals surface area contributed by atoms with Gasteiger partial charge in [0.1, 0.15) is 18.1 Å². The normalized spacial score (nSPS) is 11.2. The Bertz CT molecular complexity index is 546. The Morgan fingerprint density at radius 1 is 1.38 bits per heavy atom. The van der Waals surface area contributed by atoms with E-state index in [9.17, 15) is 22.8 Å². The maximum Gasteiger partial charge on any atom is 0.433 e. The first-order valence-corrected chi connectivity index (χ1v) is 6.01. The molecule has 9 heteroatoms. The largest absolute Gasteiger partial charge is 0.480 e. The summed E-state index contributed by atoms with van der Waals surface area (Å²) < 4.78 is 38.1. The number of primary amides is 1. The molecule has 0 atom stereocenters. The number of hydrogen-bond acceptors (Lipinski definition) is 4. The average molecular weight is 305 g/mol. The van der Waals surface area contributed by atoms with Crippen molar-refractivity contribution in [2.45, 2.75) is 19.5 Å². The first kappa shape index (κ1) is 16.7. The minimum Gasteiger partial charge on any atom is -0.480 e. The number of amides is 1. The molecule has 1 rings (SSSR count). The third-order valence-corrected chi connectivity index (χ3v) is 2.55. The number of aliphatic carboxylic acids is 1. The number of nitrogens with two attached hydrogens (primary N) is 1. The van der Waals surface area contributed by atoms with Crippen LogP contribution in [0.2, 0.25) is 0 Å². The van der Waals surface area contributed by atoms with E-state index in [1.807, 2.05) is 0 Å². The summed E-state index contributed by atoms with van der Waals surface area (Å²) in [7, 11) is 0. The van der Waals surface area contributed by atoms with E-state index in [4.69, 9.17) is 10.8 Å².